The number of nitrogens with zero attached hydrogens (tertiary/aromatic N) is 1. The molecule has 0 unspecified atom stereocenters. The molecule has 0 aliphatic carbocycles. The number of amides is 2. The van der Waals surface area contributed by atoms with Crippen molar-refractivity contribution in [3.05, 3.63) is 92.2 Å². The van der Waals surface area contributed by atoms with Crippen LogP contribution in [0.3, 0.4) is 0 Å². The van der Waals surface area contributed by atoms with Crippen molar-refractivity contribution in [3.63, 3.8) is 0 Å². The van der Waals surface area contributed by atoms with Crippen LogP contribution < -0.4 is 4.90 Å². The van der Waals surface area contributed by atoms with E-state index in [9.17, 15) is 9.59 Å². The van der Waals surface area contributed by atoms with Crippen molar-refractivity contribution in [2.75, 3.05) is 4.90 Å². The second-order valence-corrected chi connectivity index (χ2v) is 8.69. The topological polar surface area (TPSA) is 50.5 Å². The van der Waals surface area contributed by atoms with Gasteiger partial charge >= 0.3 is 0 Å². The summed E-state index contributed by atoms with van der Waals surface area (Å²) in [4.78, 5) is 28.5. The Bertz CT molecular complexity index is 1190. The minimum absolute atomic E-state index is 0.277. The zero-order chi connectivity index (χ0) is 21.4. The summed E-state index contributed by atoms with van der Waals surface area (Å²) in [6.07, 6.45) is 1.57. The zero-order valence-corrected chi connectivity index (χ0v) is 18.6. The maximum absolute atomic E-state index is 13.5. The molecule has 30 heavy (non-hydrogen) atoms. The third-order valence-electron chi connectivity index (χ3n) is 5.00. The van der Waals surface area contributed by atoms with Crippen LogP contribution in [-0.2, 0) is 15.3 Å². The molecule has 152 valence electrons. The molecular formula is C23H17Cl2NO3S. The van der Waals surface area contributed by atoms with Gasteiger partial charge in [-0.15, -0.1) is 11.8 Å². The molecule has 0 bridgehead atoms. The minimum atomic E-state index is -0.403. The summed E-state index contributed by atoms with van der Waals surface area (Å²) < 4.78 is 5.39. The van der Waals surface area contributed by atoms with E-state index in [0.29, 0.717) is 37.7 Å². The lowest BCUT2D eigenvalue weighted by atomic mass is 10.1. The van der Waals surface area contributed by atoms with Gasteiger partial charge in [0.2, 0.25) is 0 Å². The van der Waals surface area contributed by atoms with Crippen molar-refractivity contribution in [3.8, 4) is 0 Å². The molecule has 0 saturated heterocycles. The normalized spacial score (nSPS) is 14.2. The third-order valence-corrected chi connectivity index (χ3v) is 6.64. The summed E-state index contributed by atoms with van der Waals surface area (Å²) in [5.74, 6) is 0.349. The van der Waals surface area contributed by atoms with Gasteiger partial charge in [0.1, 0.15) is 5.76 Å². The number of carbonyl (C=O) groups excluding carboxylic acids is 2. The predicted octanol–water partition coefficient (Wildman–Crippen LogP) is 6.42. The van der Waals surface area contributed by atoms with E-state index < -0.39 is 5.91 Å². The summed E-state index contributed by atoms with van der Waals surface area (Å²) >= 11 is 13.7. The van der Waals surface area contributed by atoms with Crippen molar-refractivity contribution >= 4 is 58.0 Å². The lowest BCUT2D eigenvalue weighted by molar-refractivity contribution is -0.119. The Labute approximate surface area is 188 Å². The van der Waals surface area contributed by atoms with Crippen LogP contribution in [0.5, 0.6) is 0 Å². The Balaban J connectivity index is 1.82. The monoisotopic (exact) mass is 457 g/mol. The molecule has 7 heteroatoms. The Morgan fingerprint density at radius 3 is 2.50 bits per heavy atom. The molecule has 0 atom stereocenters. The molecule has 2 aromatic carbocycles. The lowest BCUT2D eigenvalue weighted by Gasteiger charge is -2.19. The number of halogens is 2. The van der Waals surface area contributed by atoms with Gasteiger partial charge in [0.15, 0.2) is 0 Å². The van der Waals surface area contributed by atoms with Gasteiger partial charge in [0.25, 0.3) is 11.8 Å². The Kier molecular flexibility index (Phi) is 5.78. The average Bonchev–Trinajstić information content (AvgIpc) is 3.30. The van der Waals surface area contributed by atoms with Gasteiger partial charge in [-0.05, 0) is 55.3 Å². The number of furan rings is 1. The molecule has 3 aromatic rings. The highest BCUT2D eigenvalue weighted by Gasteiger charge is 2.41. The quantitative estimate of drug-likeness (QED) is 0.414. The first-order chi connectivity index (χ1) is 14.4. The van der Waals surface area contributed by atoms with E-state index in [4.69, 9.17) is 27.6 Å². The number of carbonyl (C=O) groups is 2. The highest BCUT2D eigenvalue weighted by atomic mass is 35.5. The summed E-state index contributed by atoms with van der Waals surface area (Å²) in [5.41, 5.74) is 3.20. The van der Waals surface area contributed by atoms with Gasteiger partial charge < -0.3 is 4.42 Å². The smallest absolute Gasteiger partial charge is 0.272 e. The second kappa shape index (κ2) is 8.34. The molecule has 2 amide bonds. The van der Waals surface area contributed by atoms with Crippen LogP contribution in [0, 0.1) is 13.8 Å². The van der Waals surface area contributed by atoms with E-state index in [0.717, 1.165) is 11.1 Å². The maximum atomic E-state index is 13.5. The summed E-state index contributed by atoms with van der Waals surface area (Å²) in [6, 6.07) is 14.1. The molecule has 0 fully saturated rings. The van der Waals surface area contributed by atoms with Crippen LogP contribution in [0.1, 0.15) is 22.5 Å². The molecule has 0 radical (unpaired) electrons. The number of hydrogen-bond donors (Lipinski definition) is 0. The molecule has 0 spiro atoms. The van der Waals surface area contributed by atoms with Crippen molar-refractivity contribution < 1.29 is 14.0 Å². The molecule has 4 rings (SSSR count). The van der Waals surface area contributed by atoms with E-state index in [2.05, 4.69) is 0 Å². The fourth-order valence-electron chi connectivity index (χ4n) is 3.31. The summed E-state index contributed by atoms with van der Waals surface area (Å²) in [6.45, 7) is 3.84. The number of aryl methyl sites for hydroxylation is 1. The SMILES string of the molecule is Cc1cccc(N2C(=O)C(SCc3ccco3)=C(c3ccc(Cl)cc3Cl)C2=O)c1C. The molecule has 1 aromatic heterocycles. The number of imide groups is 1. The van der Waals surface area contributed by atoms with Gasteiger partial charge in [-0.2, -0.15) is 0 Å². The fraction of sp³-hybridized carbons (Fsp3) is 0.130. The number of benzene rings is 2. The molecule has 2 heterocycles. The molecule has 1 aliphatic rings. The third kappa shape index (κ3) is 3.69. The number of hydrogen-bond acceptors (Lipinski definition) is 4. The first-order valence-corrected chi connectivity index (χ1v) is 10.9. The van der Waals surface area contributed by atoms with E-state index in [1.54, 1.807) is 36.6 Å². The number of anilines is 1. The van der Waals surface area contributed by atoms with Crippen LogP contribution in [-0.4, -0.2) is 11.8 Å². The van der Waals surface area contributed by atoms with E-state index in [1.807, 2.05) is 32.0 Å². The Morgan fingerprint density at radius 1 is 1.00 bits per heavy atom. The number of thioether (sulfide) groups is 1. The van der Waals surface area contributed by atoms with Crippen LogP contribution in [0.15, 0.2) is 64.1 Å². The van der Waals surface area contributed by atoms with Gasteiger partial charge in [-0.25, -0.2) is 4.90 Å². The Hall–Kier alpha value is -2.47. The van der Waals surface area contributed by atoms with Crippen LogP contribution in [0.4, 0.5) is 5.69 Å². The molecule has 1 aliphatic heterocycles. The average molecular weight is 458 g/mol. The standard InChI is InChI=1S/C23H17Cl2NO3S/c1-13-5-3-7-19(14(13)2)26-22(27)20(17-9-8-15(24)11-18(17)25)21(23(26)28)30-12-16-6-4-10-29-16/h3-11H,12H2,1-2H3. The summed E-state index contributed by atoms with van der Waals surface area (Å²) in [7, 11) is 0. The van der Waals surface area contributed by atoms with Crippen molar-refractivity contribution in [2.24, 2.45) is 0 Å². The largest absolute Gasteiger partial charge is 0.468 e. The van der Waals surface area contributed by atoms with Gasteiger partial charge in [0.05, 0.1) is 33.2 Å². The summed E-state index contributed by atoms with van der Waals surface area (Å²) in [5, 5.41) is 0.773. The van der Waals surface area contributed by atoms with Crippen molar-refractivity contribution in [1.82, 2.24) is 0 Å². The Morgan fingerprint density at radius 2 is 1.80 bits per heavy atom. The van der Waals surface area contributed by atoms with Crippen LogP contribution >= 0.6 is 35.0 Å². The van der Waals surface area contributed by atoms with E-state index in [1.165, 1.54) is 16.7 Å². The van der Waals surface area contributed by atoms with E-state index in [-0.39, 0.29) is 11.5 Å². The zero-order valence-electron chi connectivity index (χ0n) is 16.2. The molecule has 0 saturated carbocycles. The highest BCUT2D eigenvalue weighted by Crippen LogP contribution is 2.42. The minimum Gasteiger partial charge on any atom is -0.468 e. The lowest BCUT2D eigenvalue weighted by Crippen LogP contribution is -2.32. The molecular weight excluding hydrogens is 441 g/mol. The first-order valence-electron chi connectivity index (χ1n) is 9.18. The van der Waals surface area contributed by atoms with Crippen LogP contribution in [0.2, 0.25) is 10.0 Å². The van der Waals surface area contributed by atoms with E-state index >= 15 is 0 Å². The number of rotatable bonds is 5. The van der Waals surface area contributed by atoms with Crippen LogP contribution in [0.25, 0.3) is 5.57 Å². The van der Waals surface area contributed by atoms with Gasteiger partial charge in [0, 0.05) is 10.6 Å². The van der Waals surface area contributed by atoms with Gasteiger partial charge in [-0.3, -0.25) is 9.59 Å². The second-order valence-electron chi connectivity index (χ2n) is 6.86. The van der Waals surface area contributed by atoms with Gasteiger partial charge in [-0.1, -0.05) is 41.4 Å². The predicted molar refractivity (Wildman–Crippen MR) is 122 cm³/mol. The van der Waals surface area contributed by atoms with Crippen molar-refractivity contribution in [2.45, 2.75) is 19.6 Å². The highest BCUT2D eigenvalue weighted by molar-refractivity contribution is 8.03. The fourth-order valence-corrected chi connectivity index (χ4v) is 4.82. The molecule has 4 nitrogen and oxygen atoms in total. The maximum Gasteiger partial charge on any atom is 0.272 e. The first kappa shape index (κ1) is 20.8. The van der Waals surface area contributed by atoms with Crippen molar-refractivity contribution in [1.29, 1.82) is 0 Å². The molecule has 0 N–H and O–H groups in total.